The van der Waals surface area contributed by atoms with E-state index >= 15 is 0 Å². The lowest BCUT2D eigenvalue weighted by atomic mass is 9.79. The minimum absolute atomic E-state index is 0.385. The highest BCUT2D eigenvalue weighted by molar-refractivity contribution is 7.80. The Morgan fingerprint density at radius 3 is 2.56 bits per heavy atom. The molecule has 7 heteroatoms. The van der Waals surface area contributed by atoms with Gasteiger partial charge in [0, 0.05) is 23.8 Å². The molecule has 0 aliphatic carbocycles. The second-order valence-corrected chi connectivity index (χ2v) is 7.95. The Hall–Kier alpha value is -1.84. The highest BCUT2D eigenvalue weighted by Crippen LogP contribution is 2.34. The zero-order valence-electron chi connectivity index (χ0n) is 14.6. The quantitative estimate of drug-likeness (QED) is 0.619. The zero-order valence-corrected chi connectivity index (χ0v) is 16.2. The molecule has 1 aliphatic heterocycles. The van der Waals surface area contributed by atoms with Crippen molar-refractivity contribution in [3.8, 4) is 6.07 Å². The maximum Gasteiger partial charge on any atom is 0.327 e. The molecule has 25 heavy (non-hydrogen) atoms. The zero-order chi connectivity index (χ0) is 18.7. The van der Waals surface area contributed by atoms with Crippen molar-refractivity contribution in [1.82, 2.24) is 4.90 Å². The number of halogens is 1. The molecule has 1 N–H and O–H groups in total. The Bertz CT molecular complexity index is 701. The Balaban J connectivity index is 1.98. The third kappa shape index (κ3) is 5.07. The summed E-state index contributed by atoms with van der Waals surface area (Å²) in [6, 6.07) is 9.47. The van der Waals surface area contributed by atoms with Crippen LogP contribution in [0.5, 0.6) is 0 Å². The lowest BCUT2D eigenvalue weighted by molar-refractivity contribution is -0.166. The number of benzene rings is 1. The summed E-state index contributed by atoms with van der Waals surface area (Å²) in [6.45, 7) is 6.43. The smallest absolute Gasteiger partial charge is 0.327 e. The summed E-state index contributed by atoms with van der Waals surface area (Å²) >= 11 is 11.4. The van der Waals surface area contributed by atoms with Crippen LogP contribution in [0.3, 0.4) is 0 Å². The Labute approximate surface area is 158 Å². The number of thiocarbonyl (C=S) groups is 1. The summed E-state index contributed by atoms with van der Waals surface area (Å²) in [5.74, 6) is -0.448. The van der Waals surface area contributed by atoms with E-state index in [-0.39, 0.29) is 0 Å². The standard InChI is InChI=1S/C18H22ClN3O2S/c1-17(2,3)24-15(23)18(12-20)7-9-22(10-8-18)16(25)21-14-6-4-5-13(19)11-14/h4-6,11H,7-10H2,1-3H3,(H,21,25). The maximum atomic E-state index is 12.4. The molecule has 0 unspecified atom stereocenters. The van der Waals surface area contributed by atoms with Gasteiger partial charge in [0.1, 0.15) is 5.60 Å². The number of rotatable bonds is 2. The average molecular weight is 380 g/mol. The van der Waals surface area contributed by atoms with Crippen LogP contribution >= 0.6 is 23.8 Å². The van der Waals surface area contributed by atoms with Gasteiger partial charge in [0.25, 0.3) is 0 Å². The molecule has 0 saturated carbocycles. The lowest BCUT2D eigenvalue weighted by Gasteiger charge is -2.38. The molecule has 0 spiro atoms. The molecule has 1 aromatic rings. The predicted octanol–water partition coefficient (Wildman–Crippen LogP) is 3.98. The van der Waals surface area contributed by atoms with Gasteiger partial charge < -0.3 is 15.0 Å². The normalized spacial score (nSPS) is 16.7. The molecule has 5 nitrogen and oxygen atoms in total. The largest absolute Gasteiger partial charge is 0.459 e. The number of hydrogen-bond donors (Lipinski definition) is 1. The van der Waals surface area contributed by atoms with Crippen LogP contribution in [0.1, 0.15) is 33.6 Å². The number of nitrogens with zero attached hydrogens (tertiary/aromatic N) is 2. The van der Waals surface area contributed by atoms with Gasteiger partial charge in [0.05, 0.1) is 6.07 Å². The molecule has 1 heterocycles. The Morgan fingerprint density at radius 1 is 1.40 bits per heavy atom. The number of nitrogens with one attached hydrogen (secondary N) is 1. The summed E-state index contributed by atoms with van der Waals surface area (Å²) < 4.78 is 5.43. The number of carbonyl (C=O) groups excluding carboxylic acids is 1. The molecule has 1 fully saturated rings. The Kier molecular flexibility index (Phi) is 5.91. The van der Waals surface area contributed by atoms with Crippen LogP contribution < -0.4 is 5.32 Å². The van der Waals surface area contributed by atoms with E-state index in [1.54, 1.807) is 32.9 Å². The average Bonchev–Trinajstić information content (AvgIpc) is 2.53. The van der Waals surface area contributed by atoms with Crippen LogP contribution in [0.15, 0.2) is 24.3 Å². The van der Waals surface area contributed by atoms with E-state index in [1.165, 1.54) is 0 Å². The molecule has 1 saturated heterocycles. The van der Waals surface area contributed by atoms with E-state index < -0.39 is 17.0 Å². The number of ether oxygens (including phenoxy) is 1. The van der Waals surface area contributed by atoms with Gasteiger partial charge >= 0.3 is 5.97 Å². The predicted molar refractivity (Wildman–Crippen MR) is 102 cm³/mol. The highest BCUT2D eigenvalue weighted by Gasteiger charge is 2.45. The molecular formula is C18H22ClN3O2S. The van der Waals surface area contributed by atoms with Gasteiger partial charge in [-0.25, -0.2) is 0 Å². The first-order valence-corrected chi connectivity index (χ1v) is 8.90. The molecule has 0 amide bonds. The SMILES string of the molecule is CC(C)(C)OC(=O)C1(C#N)CCN(C(=S)Nc2cccc(Cl)c2)CC1. The van der Waals surface area contributed by atoms with Crippen molar-refractivity contribution >= 4 is 40.6 Å². The van der Waals surface area contributed by atoms with Crippen molar-refractivity contribution in [2.24, 2.45) is 5.41 Å². The first kappa shape index (κ1) is 19.5. The molecule has 1 aromatic carbocycles. The van der Waals surface area contributed by atoms with Crippen LogP contribution in [0.4, 0.5) is 5.69 Å². The van der Waals surface area contributed by atoms with Crippen LogP contribution in [-0.4, -0.2) is 34.7 Å². The van der Waals surface area contributed by atoms with Crippen molar-refractivity contribution < 1.29 is 9.53 Å². The number of esters is 1. The van der Waals surface area contributed by atoms with E-state index in [4.69, 9.17) is 28.6 Å². The fraction of sp³-hybridized carbons (Fsp3) is 0.500. The third-order valence-electron chi connectivity index (χ3n) is 3.98. The third-order valence-corrected chi connectivity index (χ3v) is 4.58. The molecule has 0 atom stereocenters. The number of piperidine rings is 1. The molecule has 1 aliphatic rings. The van der Waals surface area contributed by atoms with Crippen molar-refractivity contribution in [1.29, 1.82) is 5.26 Å². The number of carbonyl (C=O) groups is 1. The lowest BCUT2D eigenvalue weighted by Crippen LogP contribution is -2.48. The first-order valence-electron chi connectivity index (χ1n) is 8.11. The van der Waals surface area contributed by atoms with E-state index in [2.05, 4.69) is 11.4 Å². The van der Waals surface area contributed by atoms with Gasteiger partial charge in [-0.3, -0.25) is 4.79 Å². The second-order valence-electron chi connectivity index (χ2n) is 7.12. The van der Waals surface area contributed by atoms with E-state index in [9.17, 15) is 10.1 Å². The fourth-order valence-corrected chi connectivity index (χ4v) is 3.09. The second kappa shape index (κ2) is 7.59. The van der Waals surface area contributed by atoms with Gasteiger partial charge in [0.2, 0.25) is 0 Å². The summed E-state index contributed by atoms with van der Waals surface area (Å²) in [6.07, 6.45) is 0.769. The molecule has 2 rings (SSSR count). The molecule has 134 valence electrons. The van der Waals surface area contributed by atoms with E-state index in [0.717, 1.165) is 5.69 Å². The highest BCUT2D eigenvalue weighted by atomic mass is 35.5. The van der Waals surface area contributed by atoms with Crippen LogP contribution in [0.25, 0.3) is 0 Å². The van der Waals surface area contributed by atoms with Crippen LogP contribution in [0.2, 0.25) is 5.02 Å². The molecular weight excluding hydrogens is 358 g/mol. The van der Waals surface area contributed by atoms with Gasteiger partial charge in [-0.05, 0) is 64.0 Å². The summed E-state index contributed by atoms with van der Waals surface area (Å²) in [5.41, 5.74) is -0.904. The number of nitriles is 1. The maximum absolute atomic E-state index is 12.4. The van der Waals surface area contributed by atoms with Crippen LogP contribution in [0, 0.1) is 16.7 Å². The molecule has 0 radical (unpaired) electrons. The Morgan fingerprint density at radius 2 is 2.04 bits per heavy atom. The van der Waals surface area contributed by atoms with Gasteiger partial charge in [0.15, 0.2) is 10.5 Å². The summed E-state index contributed by atoms with van der Waals surface area (Å²) in [5, 5.41) is 13.9. The number of hydrogen-bond acceptors (Lipinski definition) is 4. The van der Waals surface area contributed by atoms with Crippen molar-refractivity contribution in [2.75, 3.05) is 18.4 Å². The molecule has 0 bridgehead atoms. The summed E-state index contributed by atoms with van der Waals surface area (Å²) in [7, 11) is 0. The topological polar surface area (TPSA) is 65.4 Å². The molecule has 0 aromatic heterocycles. The first-order chi connectivity index (χ1) is 11.6. The van der Waals surface area contributed by atoms with Crippen molar-refractivity contribution in [3.63, 3.8) is 0 Å². The van der Waals surface area contributed by atoms with Gasteiger partial charge in [-0.2, -0.15) is 5.26 Å². The number of likely N-dealkylation sites (tertiary alicyclic amines) is 1. The minimum atomic E-state index is -1.10. The van der Waals surface area contributed by atoms with E-state index in [1.807, 2.05) is 17.0 Å². The van der Waals surface area contributed by atoms with Crippen molar-refractivity contribution in [3.05, 3.63) is 29.3 Å². The fourth-order valence-electron chi connectivity index (χ4n) is 2.60. The number of anilines is 1. The van der Waals surface area contributed by atoms with E-state index in [0.29, 0.717) is 36.1 Å². The summed E-state index contributed by atoms with van der Waals surface area (Å²) in [4.78, 5) is 14.4. The monoisotopic (exact) mass is 379 g/mol. The van der Waals surface area contributed by atoms with Crippen LogP contribution in [-0.2, 0) is 9.53 Å². The van der Waals surface area contributed by atoms with Crippen molar-refractivity contribution in [2.45, 2.75) is 39.2 Å². The van der Waals surface area contributed by atoms with Gasteiger partial charge in [-0.15, -0.1) is 0 Å². The minimum Gasteiger partial charge on any atom is -0.459 e. The van der Waals surface area contributed by atoms with Gasteiger partial charge in [-0.1, -0.05) is 17.7 Å².